The number of aromatic nitrogens is 1. The molecule has 164 valence electrons. The van der Waals surface area contributed by atoms with Gasteiger partial charge in [0.2, 0.25) is 11.2 Å². The Bertz CT molecular complexity index is 1810. The van der Waals surface area contributed by atoms with Gasteiger partial charge in [-0.3, -0.25) is 9.59 Å². The Kier molecular flexibility index (Phi) is 3.99. The van der Waals surface area contributed by atoms with Crippen molar-refractivity contribution in [2.75, 3.05) is 6.61 Å². The van der Waals surface area contributed by atoms with Crippen molar-refractivity contribution in [1.82, 2.24) is 4.40 Å². The summed E-state index contributed by atoms with van der Waals surface area (Å²) in [6.07, 6.45) is 6.46. The molecule has 0 saturated carbocycles. The third kappa shape index (κ3) is 2.54. The van der Waals surface area contributed by atoms with Gasteiger partial charge in [-0.25, -0.2) is 9.18 Å². The number of hydrogen-bond acceptors (Lipinski definition) is 5. The number of pyridine rings is 1. The first-order chi connectivity index (χ1) is 15.9. The molecule has 1 aliphatic carbocycles. The normalized spacial score (nSPS) is 13.4. The lowest BCUT2D eigenvalue weighted by Crippen LogP contribution is -2.20. The van der Waals surface area contributed by atoms with Crippen molar-refractivity contribution in [2.45, 2.75) is 19.8 Å². The summed E-state index contributed by atoms with van der Waals surface area (Å²) in [4.78, 5) is 38.4. The van der Waals surface area contributed by atoms with Gasteiger partial charge in [-0.2, -0.15) is 4.39 Å². The Morgan fingerprint density at radius 1 is 1.12 bits per heavy atom. The third-order valence-corrected chi connectivity index (χ3v) is 6.19. The van der Waals surface area contributed by atoms with Gasteiger partial charge < -0.3 is 13.6 Å². The molecule has 0 aliphatic heterocycles. The minimum atomic E-state index is -1.29. The molecule has 0 atom stereocenters. The van der Waals surface area contributed by atoms with Gasteiger partial charge in [0.15, 0.2) is 22.4 Å². The third-order valence-electron chi connectivity index (χ3n) is 6.19. The molecule has 0 unspecified atom stereocenters. The van der Waals surface area contributed by atoms with E-state index in [1.807, 2.05) is 6.08 Å². The van der Waals surface area contributed by atoms with Gasteiger partial charge in [-0.15, -0.1) is 0 Å². The molecule has 2 aromatic heterocycles. The van der Waals surface area contributed by atoms with E-state index in [0.29, 0.717) is 22.9 Å². The zero-order valence-corrected chi connectivity index (χ0v) is 17.3. The smallest absolute Gasteiger partial charge is 0.343 e. The number of halogens is 2. The van der Waals surface area contributed by atoms with Gasteiger partial charge >= 0.3 is 5.97 Å². The number of rotatable bonds is 2. The van der Waals surface area contributed by atoms with Crippen molar-refractivity contribution < 1.29 is 22.7 Å². The lowest BCUT2D eigenvalue weighted by molar-refractivity contribution is 0.0524. The summed E-state index contributed by atoms with van der Waals surface area (Å²) in [6.45, 7) is 1.64. The van der Waals surface area contributed by atoms with Crippen LogP contribution >= 0.6 is 0 Å². The van der Waals surface area contributed by atoms with Crippen molar-refractivity contribution in [1.29, 1.82) is 0 Å². The number of benzene rings is 2. The lowest BCUT2D eigenvalue weighted by atomic mass is 10.00. The van der Waals surface area contributed by atoms with E-state index in [-0.39, 0.29) is 34.1 Å². The SMILES string of the molecule is CCOC(=O)c1cn2c3cc4c5c(c(=O)c4cc3oc3c(F)c(F)cc(c1=O)c32)C=CCC5. The van der Waals surface area contributed by atoms with E-state index in [0.717, 1.165) is 23.4 Å². The fourth-order valence-electron chi connectivity index (χ4n) is 4.73. The van der Waals surface area contributed by atoms with Crippen molar-refractivity contribution >= 4 is 50.4 Å². The number of nitrogens with zero attached hydrogens (tertiary/aromatic N) is 1. The molecule has 2 heterocycles. The van der Waals surface area contributed by atoms with Gasteiger partial charge in [0.1, 0.15) is 11.1 Å². The summed E-state index contributed by atoms with van der Waals surface area (Å²) < 4.78 is 41.3. The summed E-state index contributed by atoms with van der Waals surface area (Å²) in [5.41, 5.74) is 0.281. The molecule has 1 aliphatic rings. The zero-order valence-electron chi connectivity index (χ0n) is 17.3. The molecule has 0 amide bonds. The zero-order chi connectivity index (χ0) is 23.0. The van der Waals surface area contributed by atoms with Crippen molar-refractivity contribution in [3.63, 3.8) is 0 Å². The Labute approximate surface area is 183 Å². The fourth-order valence-corrected chi connectivity index (χ4v) is 4.73. The first kappa shape index (κ1) is 19.6. The van der Waals surface area contributed by atoms with Crippen LogP contribution < -0.4 is 10.9 Å². The van der Waals surface area contributed by atoms with Crippen LogP contribution in [0.1, 0.15) is 34.8 Å². The van der Waals surface area contributed by atoms with Crippen molar-refractivity contribution in [3.8, 4) is 0 Å². The molecule has 0 N–H and O–H groups in total. The molecule has 0 bridgehead atoms. The molecular formula is C25H15F2NO5. The highest BCUT2D eigenvalue weighted by Gasteiger charge is 2.25. The van der Waals surface area contributed by atoms with E-state index in [2.05, 4.69) is 0 Å². The highest BCUT2D eigenvalue weighted by Crippen LogP contribution is 2.34. The van der Waals surface area contributed by atoms with Crippen LogP contribution in [0.3, 0.4) is 0 Å². The van der Waals surface area contributed by atoms with E-state index in [4.69, 9.17) is 9.15 Å². The quantitative estimate of drug-likeness (QED) is 0.225. The maximum absolute atomic E-state index is 14.8. The number of carbonyl (C=O) groups is 1. The topological polar surface area (TPSA) is 78.0 Å². The van der Waals surface area contributed by atoms with Crippen molar-refractivity contribution in [2.24, 2.45) is 0 Å². The molecule has 0 saturated heterocycles. The minimum Gasteiger partial charge on any atom is -0.462 e. The second-order valence-electron chi connectivity index (χ2n) is 7.99. The van der Waals surface area contributed by atoms with Gasteiger partial charge in [-0.05, 0) is 48.9 Å². The second-order valence-corrected chi connectivity index (χ2v) is 7.99. The predicted molar refractivity (Wildman–Crippen MR) is 119 cm³/mol. The Balaban J connectivity index is 1.86. The number of carbonyl (C=O) groups excluding carboxylic acids is 1. The van der Waals surface area contributed by atoms with Crippen LogP contribution in [-0.2, 0) is 11.2 Å². The maximum atomic E-state index is 14.8. The summed E-state index contributed by atoms with van der Waals surface area (Å²) in [5, 5.41) is 0.919. The monoisotopic (exact) mass is 447 g/mol. The highest BCUT2D eigenvalue weighted by atomic mass is 19.2. The fraction of sp³-hybridized carbons (Fsp3) is 0.160. The first-order valence-corrected chi connectivity index (χ1v) is 10.5. The van der Waals surface area contributed by atoms with Gasteiger partial charge in [0.25, 0.3) is 0 Å². The average Bonchev–Trinajstić information content (AvgIpc) is 3.09. The molecule has 0 spiro atoms. The molecule has 6 nitrogen and oxygen atoms in total. The molecule has 33 heavy (non-hydrogen) atoms. The van der Waals surface area contributed by atoms with Crippen LogP contribution in [0.4, 0.5) is 8.78 Å². The van der Waals surface area contributed by atoms with Crippen LogP contribution in [0.2, 0.25) is 0 Å². The first-order valence-electron chi connectivity index (χ1n) is 10.5. The van der Waals surface area contributed by atoms with Gasteiger partial charge in [-0.1, -0.05) is 12.2 Å². The average molecular weight is 447 g/mol. The molecule has 6 rings (SSSR count). The predicted octanol–water partition coefficient (Wildman–Crippen LogP) is 4.56. The Morgan fingerprint density at radius 3 is 2.73 bits per heavy atom. The molecule has 3 aromatic carbocycles. The summed E-state index contributed by atoms with van der Waals surface area (Å²) in [7, 11) is 0. The van der Waals surface area contributed by atoms with Crippen molar-refractivity contribution in [3.05, 3.63) is 79.2 Å². The standard InChI is InChI=1S/C25H15F2NO5/c1-2-32-25(31)16-10-28-18-8-13-11-5-3-4-6-12(11)22(29)14(13)9-19(18)33-24-20(27)17(26)7-15(21(24)28)23(16)30/h4,6-10H,2-3,5H2,1H3. The van der Waals surface area contributed by atoms with Crippen LogP contribution in [0, 0.1) is 11.6 Å². The van der Waals surface area contributed by atoms with Crippen LogP contribution in [0.5, 0.6) is 0 Å². The van der Waals surface area contributed by atoms with Crippen LogP contribution in [0.25, 0.3) is 44.4 Å². The van der Waals surface area contributed by atoms with E-state index < -0.39 is 28.6 Å². The van der Waals surface area contributed by atoms with Crippen LogP contribution in [-0.4, -0.2) is 17.0 Å². The van der Waals surface area contributed by atoms with E-state index in [1.54, 1.807) is 19.1 Å². The van der Waals surface area contributed by atoms with E-state index >= 15 is 0 Å². The number of allylic oxidation sites excluding steroid dienone is 1. The molecule has 5 aromatic rings. The highest BCUT2D eigenvalue weighted by molar-refractivity contribution is 6.05. The molecule has 0 fully saturated rings. The summed E-state index contributed by atoms with van der Waals surface area (Å²) in [6, 6.07) is 3.99. The van der Waals surface area contributed by atoms with Gasteiger partial charge in [0, 0.05) is 17.1 Å². The summed E-state index contributed by atoms with van der Waals surface area (Å²) in [5.74, 6) is -3.42. The summed E-state index contributed by atoms with van der Waals surface area (Å²) >= 11 is 0. The molecule has 0 radical (unpaired) electrons. The van der Waals surface area contributed by atoms with E-state index in [9.17, 15) is 23.2 Å². The Morgan fingerprint density at radius 2 is 1.94 bits per heavy atom. The number of ether oxygens (including phenoxy) is 1. The number of hydrogen-bond donors (Lipinski definition) is 0. The number of esters is 1. The van der Waals surface area contributed by atoms with Crippen LogP contribution in [0.15, 0.2) is 44.5 Å². The molecule has 8 heteroatoms. The molecular weight excluding hydrogens is 432 g/mol. The maximum Gasteiger partial charge on any atom is 0.343 e. The van der Waals surface area contributed by atoms with Gasteiger partial charge in [0.05, 0.1) is 17.5 Å². The number of aryl methyl sites for hydroxylation is 1. The van der Waals surface area contributed by atoms with E-state index in [1.165, 1.54) is 16.7 Å². The Hall–Kier alpha value is -4.07. The largest absolute Gasteiger partial charge is 0.462 e. The lowest BCUT2D eigenvalue weighted by Gasteiger charge is -2.14. The number of fused-ring (bicyclic) bond motifs is 5. The minimum absolute atomic E-state index is 0.00136. The second kappa shape index (κ2) is 6.71.